The average molecular weight is 318 g/mol. The number of rotatable bonds is 2. The van der Waals surface area contributed by atoms with E-state index in [2.05, 4.69) is 17.4 Å². The van der Waals surface area contributed by atoms with Crippen LogP contribution in [0, 0.1) is 0 Å². The summed E-state index contributed by atoms with van der Waals surface area (Å²) in [4.78, 5) is 0. The summed E-state index contributed by atoms with van der Waals surface area (Å²) < 4.78 is 0. The fourth-order valence-corrected chi connectivity index (χ4v) is 4.37. The molecule has 0 aliphatic heterocycles. The molecule has 0 bridgehead atoms. The van der Waals surface area contributed by atoms with E-state index >= 15 is 0 Å². The first-order chi connectivity index (χ1) is 10.2. The van der Waals surface area contributed by atoms with Gasteiger partial charge in [-0.25, -0.2) is 0 Å². The maximum absolute atomic E-state index is 6.57. The summed E-state index contributed by atoms with van der Waals surface area (Å²) in [5.41, 5.74) is 8.33. The monoisotopic (exact) mass is 317 g/mol. The zero-order valence-electron chi connectivity index (χ0n) is 12.0. The maximum Gasteiger partial charge on any atom is 0.0447 e. The molecule has 2 aliphatic carbocycles. The van der Waals surface area contributed by atoms with Crippen LogP contribution in [0.2, 0.25) is 10.0 Å². The Morgan fingerprint density at radius 3 is 2.71 bits per heavy atom. The summed E-state index contributed by atoms with van der Waals surface area (Å²) in [6.07, 6.45) is 3.01. The summed E-state index contributed by atoms with van der Waals surface area (Å²) in [6, 6.07) is 8.40. The lowest BCUT2D eigenvalue weighted by Crippen LogP contribution is -2.29. The molecule has 1 unspecified atom stereocenters. The van der Waals surface area contributed by atoms with Crippen molar-refractivity contribution >= 4 is 23.2 Å². The van der Waals surface area contributed by atoms with Gasteiger partial charge in [0.15, 0.2) is 0 Å². The van der Waals surface area contributed by atoms with Crippen molar-refractivity contribution in [3.8, 4) is 0 Å². The molecule has 2 aromatic carbocycles. The van der Waals surface area contributed by atoms with E-state index in [0.29, 0.717) is 5.92 Å². The number of nitrogens with one attached hydrogen (secondary N) is 1. The molecule has 2 aliphatic rings. The van der Waals surface area contributed by atoms with Gasteiger partial charge in [-0.15, -0.1) is 0 Å². The van der Waals surface area contributed by atoms with Crippen LogP contribution in [-0.4, -0.2) is 13.6 Å². The molecule has 1 nitrogen and oxygen atoms in total. The van der Waals surface area contributed by atoms with Gasteiger partial charge in [0.1, 0.15) is 0 Å². The van der Waals surface area contributed by atoms with Crippen LogP contribution in [0.25, 0.3) is 0 Å². The fraction of sp³-hybridized carbons (Fsp3) is 0.333. The normalized spacial score (nSPS) is 18.5. The van der Waals surface area contributed by atoms with Crippen LogP contribution >= 0.6 is 23.2 Å². The quantitative estimate of drug-likeness (QED) is 0.741. The first kappa shape index (κ1) is 13.6. The standard InChI is InChI=1S/C18H17Cl2N/c1-21-9-11-6-14-12(11)8-18(20)16-7-13-10(5-15(14)16)3-2-4-17(13)19/h2-4,8,11,21H,5-7,9H2,1H3. The lowest BCUT2D eigenvalue weighted by molar-refractivity contribution is 0.562. The molecule has 0 saturated heterocycles. The van der Waals surface area contributed by atoms with Crippen LogP contribution in [-0.2, 0) is 19.3 Å². The van der Waals surface area contributed by atoms with E-state index in [1.54, 1.807) is 0 Å². The van der Waals surface area contributed by atoms with E-state index < -0.39 is 0 Å². The van der Waals surface area contributed by atoms with E-state index in [1.807, 2.05) is 19.2 Å². The van der Waals surface area contributed by atoms with Crippen molar-refractivity contribution in [2.24, 2.45) is 0 Å². The number of likely N-dealkylation sites (N-methyl/N-ethyl adjacent to an activating group) is 1. The predicted octanol–water partition coefficient (Wildman–Crippen LogP) is 4.35. The van der Waals surface area contributed by atoms with Gasteiger partial charge in [0.25, 0.3) is 0 Å². The smallest absolute Gasteiger partial charge is 0.0447 e. The van der Waals surface area contributed by atoms with Gasteiger partial charge in [0.05, 0.1) is 0 Å². The molecule has 3 heteroatoms. The largest absolute Gasteiger partial charge is 0.319 e. The molecule has 0 spiro atoms. The van der Waals surface area contributed by atoms with Crippen LogP contribution in [0.4, 0.5) is 0 Å². The van der Waals surface area contributed by atoms with Gasteiger partial charge in [0.2, 0.25) is 0 Å². The number of benzene rings is 2. The van der Waals surface area contributed by atoms with Crippen molar-refractivity contribution < 1.29 is 0 Å². The Bertz CT molecular complexity index is 736. The van der Waals surface area contributed by atoms with Crippen molar-refractivity contribution in [3.63, 3.8) is 0 Å². The van der Waals surface area contributed by atoms with Crippen molar-refractivity contribution in [2.45, 2.75) is 25.2 Å². The number of hydrogen-bond acceptors (Lipinski definition) is 1. The number of fused-ring (bicyclic) bond motifs is 4. The lowest BCUT2D eigenvalue weighted by atomic mass is 9.70. The summed E-state index contributed by atoms with van der Waals surface area (Å²) in [6.45, 7) is 1.03. The van der Waals surface area contributed by atoms with E-state index in [9.17, 15) is 0 Å². The van der Waals surface area contributed by atoms with Crippen molar-refractivity contribution in [2.75, 3.05) is 13.6 Å². The third kappa shape index (κ3) is 2.03. The zero-order valence-corrected chi connectivity index (χ0v) is 13.5. The minimum atomic E-state index is 0.619. The van der Waals surface area contributed by atoms with Crippen molar-refractivity contribution in [1.82, 2.24) is 5.32 Å². The van der Waals surface area contributed by atoms with Gasteiger partial charge >= 0.3 is 0 Å². The van der Waals surface area contributed by atoms with Crippen molar-refractivity contribution in [1.29, 1.82) is 0 Å². The molecule has 108 valence electrons. The molecular weight excluding hydrogens is 301 g/mol. The van der Waals surface area contributed by atoms with Gasteiger partial charge in [-0.3, -0.25) is 0 Å². The fourth-order valence-electron chi connectivity index (χ4n) is 3.81. The van der Waals surface area contributed by atoms with Gasteiger partial charge in [-0.05, 0) is 65.4 Å². The topological polar surface area (TPSA) is 12.0 Å². The summed E-state index contributed by atoms with van der Waals surface area (Å²) >= 11 is 12.9. The van der Waals surface area contributed by atoms with Crippen molar-refractivity contribution in [3.05, 3.63) is 67.7 Å². The zero-order chi connectivity index (χ0) is 14.6. The SMILES string of the molecule is CNCC1Cc2c1cc(Cl)c1c2Cc2cccc(Cl)c2C1. The molecule has 0 radical (unpaired) electrons. The third-order valence-electron chi connectivity index (χ3n) is 4.93. The van der Waals surface area contributed by atoms with E-state index in [-0.39, 0.29) is 0 Å². The maximum atomic E-state index is 6.57. The van der Waals surface area contributed by atoms with Gasteiger partial charge in [-0.2, -0.15) is 0 Å². The van der Waals surface area contributed by atoms with Crippen LogP contribution in [0.15, 0.2) is 24.3 Å². The first-order valence-electron chi connectivity index (χ1n) is 7.43. The van der Waals surface area contributed by atoms with Crippen LogP contribution in [0.5, 0.6) is 0 Å². The van der Waals surface area contributed by atoms with Gasteiger partial charge in [-0.1, -0.05) is 35.3 Å². The number of hydrogen-bond donors (Lipinski definition) is 1. The molecule has 2 aromatic rings. The van der Waals surface area contributed by atoms with Gasteiger partial charge < -0.3 is 5.32 Å². The highest BCUT2D eigenvalue weighted by molar-refractivity contribution is 6.32. The minimum absolute atomic E-state index is 0.619. The third-order valence-corrected chi connectivity index (χ3v) is 5.62. The Kier molecular flexibility index (Phi) is 3.25. The van der Waals surface area contributed by atoms with Crippen LogP contribution in [0.1, 0.15) is 39.3 Å². The van der Waals surface area contributed by atoms with E-state index in [4.69, 9.17) is 23.2 Å². The Morgan fingerprint density at radius 1 is 1.05 bits per heavy atom. The Morgan fingerprint density at radius 2 is 1.90 bits per heavy atom. The molecule has 4 rings (SSSR count). The number of halogens is 2. The second-order valence-corrected chi connectivity index (χ2v) is 6.89. The highest BCUT2D eigenvalue weighted by Crippen LogP contribution is 2.45. The van der Waals surface area contributed by atoms with Crippen LogP contribution < -0.4 is 5.32 Å². The molecule has 0 heterocycles. The first-order valence-corrected chi connectivity index (χ1v) is 8.18. The second kappa shape index (κ2) is 5.01. The highest BCUT2D eigenvalue weighted by atomic mass is 35.5. The minimum Gasteiger partial charge on any atom is -0.319 e. The molecule has 0 amide bonds. The molecule has 21 heavy (non-hydrogen) atoms. The lowest BCUT2D eigenvalue weighted by Gasteiger charge is -2.36. The predicted molar refractivity (Wildman–Crippen MR) is 88.9 cm³/mol. The Balaban J connectivity index is 1.81. The molecule has 1 N–H and O–H groups in total. The Hall–Kier alpha value is -1.02. The average Bonchev–Trinajstić information content (AvgIpc) is 2.47. The second-order valence-electron chi connectivity index (χ2n) is 6.07. The summed E-state index contributed by atoms with van der Waals surface area (Å²) in [5, 5.41) is 5.05. The summed E-state index contributed by atoms with van der Waals surface area (Å²) in [7, 11) is 2.01. The van der Waals surface area contributed by atoms with Gasteiger partial charge in [0, 0.05) is 28.9 Å². The molecule has 0 saturated carbocycles. The van der Waals surface area contributed by atoms with E-state index in [1.165, 1.54) is 39.8 Å². The molecule has 1 atom stereocenters. The molecular formula is C18H17Cl2N. The van der Waals surface area contributed by atoms with Crippen LogP contribution in [0.3, 0.4) is 0 Å². The summed E-state index contributed by atoms with van der Waals surface area (Å²) in [5.74, 6) is 0.619. The molecule has 0 aromatic heterocycles. The highest BCUT2D eigenvalue weighted by Gasteiger charge is 2.32. The Labute approximate surface area is 135 Å². The van der Waals surface area contributed by atoms with E-state index in [0.717, 1.165) is 29.4 Å². The molecule has 0 fully saturated rings.